The van der Waals surface area contributed by atoms with Crippen molar-refractivity contribution in [3.63, 3.8) is 0 Å². The van der Waals surface area contributed by atoms with E-state index < -0.39 is 21.8 Å². The molecule has 0 aliphatic carbocycles. The molecule has 0 aromatic heterocycles. The van der Waals surface area contributed by atoms with Gasteiger partial charge in [0.15, 0.2) is 0 Å². The maximum atomic E-state index is 12.8. The van der Waals surface area contributed by atoms with Crippen molar-refractivity contribution in [2.75, 3.05) is 27.2 Å². The van der Waals surface area contributed by atoms with Gasteiger partial charge >= 0.3 is 0 Å². The fourth-order valence-corrected chi connectivity index (χ4v) is 5.76. The molecule has 0 atom stereocenters. The second-order valence-electron chi connectivity index (χ2n) is 7.52. The molecule has 2 amide bonds. The topological polar surface area (TPSA) is 95.6 Å². The molecule has 176 valence electrons. The smallest absolute Gasteiger partial charge is 0.255 e. The van der Waals surface area contributed by atoms with Crippen LogP contribution in [0.4, 0.5) is 17.1 Å². The minimum absolute atomic E-state index is 0.0678. The first kappa shape index (κ1) is 24.3. The van der Waals surface area contributed by atoms with Gasteiger partial charge in [-0.25, -0.2) is 8.42 Å². The van der Waals surface area contributed by atoms with E-state index in [1.54, 1.807) is 30.3 Å². The van der Waals surface area contributed by atoms with E-state index in [2.05, 4.69) is 10.6 Å². The maximum absolute atomic E-state index is 12.8. The highest BCUT2D eigenvalue weighted by molar-refractivity contribution is 7.93. The van der Waals surface area contributed by atoms with E-state index in [1.165, 1.54) is 34.6 Å². The summed E-state index contributed by atoms with van der Waals surface area (Å²) in [7, 11) is -3.39. The van der Waals surface area contributed by atoms with Crippen LogP contribution in [-0.4, -0.2) is 32.5 Å². The fraction of sp³-hybridized carbons (Fsp3) is 0.130. The standard InChI is InChI=1S/C23H18Cl3N3O4S/c24-16-4-1-3-14(11-16)23(31)28-20-13-17(6-7-18(20)25)27-22(30)15-5-8-21(19(26)12-15)29-9-2-10-34(29,32)33/h1,3-8,11-13H,2,9-10H2,(H,27,30)(H,28,31). The summed E-state index contributed by atoms with van der Waals surface area (Å²) in [4.78, 5) is 25.3. The molecule has 11 heteroatoms. The quantitative estimate of drug-likeness (QED) is 0.436. The molecule has 1 heterocycles. The number of sulfonamides is 1. The van der Waals surface area contributed by atoms with Gasteiger partial charge in [0.05, 0.1) is 27.2 Å². The molecule has 0 saturated carbocycles. The fourth-order valence-electron chi connectivity index (χ4n) is 3.49. The van der Waals surface area contributed by atoms with Crippen molar-refractivity contribution >= 4 is 73.7 Å². The van der Waals surface area contributed by atoms with Crippen LogP contribution in [-0.2, 0) is 10.0 Å². The predicted molar refractivity (Wildman–Crippen MR) is 136 cm³/mol. The number of carbonyl (C=O) groups is 2. The van der Waals surface area contributed by atoms with Crippen LogP contribution >= 0.6 is 34.8 Å². The molecule has 1 saturated heterocycles. The Morgan fingerprint density at radius 1 is 0.824 bits per heavy atom. The normalized spacial score (nSPS) is 14.6. The largest absolute Gasteiger partial charge is 0.322 e. The number of hydrogen-bond acceptors (Lipinski definition) is 4. The first-order chi connectivity index (χ1) is 16.1. The molecule has 0 unspecified atom stereocenters. The van der Waals surface area contributed by atoms with Crippen molar-refractivity contribution in [3.05, 3.63) is 86.9 Å². The molecule has 1 aliphatic rings. The van der Waals surface area contributed by atoms with Gasteiger partial charge in [0.25, 0.3) is 11.8 Å². The Bertz CT molecular complexity index is 1400. The number of rotatable bonds is 5. The molecule has 2 N–H and O–H groups in total. The van der Waals surface area contributed by atoms with Crippen LogP contribution in [0.1, 0.15) is 27.1 Å². The number of nitrogens with zero attached hydrogens (tertiary/aromatic N) is 1. The van der Waals surface area contributed by atoms with Crippen molar-refractivity contribution in [3.8, 4) is 0 Å². The van der Waals surface area contributed by atoms with Gasteiger partial charge in [0.1, 0.15) is 0 Å². The van der Waals surface area contributed by atoms with Crippen molar-refractivity contribution in [2.45, 2.75) is 6.42 Å². The summed E-state index contributed by atoms with van der Waals surface area (Å²) in [5.41, 5.74) is 1.63. The van der Waals surface area contributed by atoms with Crippen LogP contribution in [0.3, 0.4) is 0 Å². The SMILES string of the molecule is O=C(Nc1ccc(Cl)c(NC(=O)c2cccc(Cl)c2)c1)c1ccc(N2CCCS2(=O)=O)c(Cl)c1. The van der Waals surface area contributed by atoms with Gasteiger partial charge in [-0.2, -0.15) is 0 Å². The molecular weight excluding hydrogens is 521 g/mol. The molecule has 0 radical (unpaired) electrons. The zero-order chi connectivity index (χ0) is 24.5. The molecule has 1 fully saturated rings. The lowest BCUT2D eigenvalue weighted by atomic mass is 10.1. The zero-order valence-electron chi connectivity index (χ0n) is 17.5. The summed E-state index contributed by atoms with van der Waals surface area (Å²) < 4.78 is 25.6. The van der Waals surface area contributed by atoms with E-state index in [9.17, 15) is 18.0 Å². The van der Waals surface area contributed by atoms with E-state index in [-0.39, 0.29) is 21.4 Å². The first-order valence-electron chi connectivity index (χ1n) is 10.1. The summed E-state index contributed by atoms with van der Waals surface area (Å²) in [6, 6.07) is 15.5. The Hall–Kier alpha value is -2.78. The minimum atomic E-state index is -3.39. The Labute approximate surface area is 211 Å². The number of hydrogen-bond donors (Lipinski definition) is 2. The van der Waals surface area contributed by atoms with Crippen LogP contribution in [0.5, 0.6) is 0 Å². The Kier molecular flexibility index (Phi) is 7.04. The number of amides is 2. The van der Waals surface area contributed by atoms with Crippen LogP contribution in [0.15, 0.2) is 60.7 Å². The zero-order valence-corrected chi connectivity index (χ0v) is 20.6. The number of anilines is 3. The van der Waals surface area contributed by atoms with Crippen LogP contribution < -0.4 is 14.9 Å². The van der Waals surface area contributed by atoms with Gasteiger partial charge in [0.2, 0.25) is 10.0 Å². The first-order valence-corrected chi connectivity index (χ1v) is 12.9. The van der Waals surface area contributed by atoms with Crippen LogP contribution in [0.25, 0.3) is 0 Å². The highest BCUT2D eigenvalue weighted by atomic mass is 35.5. The van der Waals surface area contributed by atoms with Crippen LogP contribution in [0, 0.1) is 0 Å². The van der Waals surface area contributed by atoms with Gasteiger partial charge in [-0.1, -0.05) is 40.9 Å². The van der Waals surface area contributed by atoms with Gasteiger partial charge in [-0.05, 0) is 61.0 Å². The van der Waals surface area contributed by atoms with Crippen LogP contribution in [0.2, 0.25) is 15.1 Å². The van der Waals surface area contributed by atoms with Crippen molar-refractivity contribution in [1.29, 1.82) is 0 Å². The lowest BCUT2D eigenvalue weighted by molar-refractivity contribution is 0.101. The third kappa shape index (κ3) is 5.31. The number of benzene rings is 3. The van der Waals surface area contributed by atoms with Gasteiger partial charge < -0.3 is 10.6 Å². The van der Waals surface area contributed by atoms with Crippen molar-refractivity contribution in [2.24, 2.45) is 0 Å². The molecule has 3 aromatic rings. The van der Waals surface area contributed by atoms with Gasteiger partial charge in [-0.3, -0.25) is 13.9 Å². The van der Waals surface area contributed by atoms with Gasteiger partial charge in [-0.15, -0.1) is 0 Å². The average molecular weight is 539 g/mol. The van der Waals surface area contributed by atoms with E-state index in [0.29, 0.717) is 40.6 Å². The molecule has 34 heavy (non-hydrogen) atoms. The lowest BCUT2D eigenvalue weighted by Gasteiger charge is -2.18. The summed E-state index contributed by atoms with van der Waals surface area (Å²) in [5, 5.41) is 6.28. The molecule has 0 spiro atoms. The predicted octanol–water partition coefficient (Wildman–Crippen LogP) is 5.69. The molecular formula is C23H18Cl3N3O4S. The molecule has 7 nitrogen and oxygen atoms in total. The van der Waals surface area contributed by atoms with Crippen molar-refractivity contribution < 1.29 is 18.0 Å². The third-order valence-corrected chi connectivity index (χ3v) is 7.86. The second kappa shape index (κ2) is 9.84. The molecule has 0 bridgehead atoms. The van der Waals surface area contributed by atoms with E-state index >= 15 is 0 Å². The minimum Gasteiger partial charge on any atom is -0.322 e. The summed E-state index contributed by atoms with van der Waals surface area (Å²) in [6.45, 7) is 0.349. The summed E-state index contributed by atoms with van der Waals surface area (Å²) in [6.07, 6.45) is 0.521. The third-order valence-electron chi connectivity index (χ3n) is 5.14. The van der Waals surface area contributed by atoms with E-state index in [1.807, 2.05) is 0 Å². The van der Waals surface area contributed by atoms with Gasteiger partial charge in [0, 0.05) is 28.4 Å². The monoisotopic (exact) mass is 537 g/mol. The molecule has 1 aliphatic heterocycles. The Balaban J connectivity index is 1.50. The second-order valence-corrected chi connectivity index (χ2v) is 10.8. The highest BCUT2D eigenvalue weighted by Gasteiger charge is 2.30. The Morgan fingerprint density at radius 2 is 1.56 bits per heavy atom. The number of nitrogens with one attached hydrogen (secondary N) is 2. The van der Waals surface area contributed by atoms with E-state index in [4.69, 9.17) is 34.8 Å². The number of carbonyl (C=O) groups excluding carboxylic acids is 2. The average Bonchev–Trinajstić information content (AvgIpc) is 3.14. The Morgan fingerprint density at radius 3 is 2.24 bits per heavy atom. The lowest BCUT2D eigenvalue weighted by Crippen LogP contribution is -2.25. The summed E-state index contributed by atoms with van der Waals surface area (Å²) in [5.74, 6) is -0.808. The summed E-state index contributed by atoms with van der Waals surface area (Å²) >= 11 is 18.4. The molecule has 3 aromatic carbocycles. The van der Waals surface area contributed by atoms with Crippen molar-refractivity contribution in [1.82, 2.24) is 0 Å². The highest BCUT2D eigenvalue weighted by Crippen LogP contribution is 2.32. The maximum Gasteiger partial charge on any atom is 0.255 e. The van der Waals surface area contributed by atoms with E-state index in [0.717, 1.165) is 0 Å². The number of halogens is 3. The molecule has 4 rings (SSSR count).